The van der Waals surface area contributed by atoms with Gasteiger partial charge in [0.1, 0.15) is 14.2 Å². The molecule has 3 nitrogen and oxygen atoms in total. The van der Waals surface area contributed by atoms with Crippen LogP contribution in [0.5, 0.6) is 0 Å². The Morgan fingerprint density at radius 3 is 3.00 bits per heavy atom. The van der Waals surface area contributed by atoms with Crippen LogP contribution in [0.4, 0.5) is 0 Å². The molecule has 0 aliphatic rings. The van der Waals surface area contributed by atoms with Crippen molar-refractivity contribution in [1.29, 1.82) is 0 Å². The van der Waals surface area contributed by atoms with Gasteiger partial charge in [-0.15, -0.1) is 0 Å². The SMILES string of the molecule is [B]c1ncnc2cnccc12. The fourth-order valence-electron chi connectivity index (χ4n) is 0.928. The van der Waals surface area contributed by atoms with E-state index >= 15 is 0 Å². The Bertz CT molecular complexity index is 383. The molecule has 2 radical (unpaired) electrons. The van der Waals surface area contributed by atoms with Crippen LogP contribution in [0.25, 0.3) is 10.9 Å². The van der Waals surface area contributed by atoms with Gasteiger partial charge in [0.15, 0.2) is 0 Å². The van der Waals surface area contributed by atoms with Gasteiger partial charge in [0, 0.05) is 11.6 Å². The van der Waals surface area contributed by atoms with Crippen LogP contribution in [0.2, 0.25) is 0 Å². The molecule has 0 saturated heterocycles. The van der Waals surface area contributed by atoms with Crippen molar-refractivity contribution in [2.75, 3.05) is 0 Å². The Morgan fingerprint density at radius 2 is 2.18 bits per heavy atom. The lowest BCUT2D eigenvalue weighted by atomic mass is 10.00. The third kappa shape index (κ3) is 0.961. The van der Waals surface area contributed by atoms with E-state index in [1.165, 1.54) is 6.33 Å². The van der Waals surface area contributed by atoms with Crippen molar-refractivity contribution in [3.8, 4) is 0 Å². The Kier molecular flexibility index (Phi) is 1.32. The van der Waals surface area contributed by atoms with Crippen LogP contribution in [0, 0.1) is 0 Å². The topological polar surface area (TPSA) is 38.7 Å². The quantitative estimate of drug-likeness (QED) is 0.477. The zero-order valence-electron chi connectivity index (χ0n) is 5.73. The molecule has 0 aliphatic heterocycles. The molecule has 50 valence electrons. The molecule has 2 aromatic heterocycles. The van der Waals surface area contributed by atoms with E-state index in [1.54, 1.807) is 18.5 Å². The van der Waals surface area contributed by atoms with Gasteiger partial charge in [-0.2, -0.15) is 0 Å². The van der Waals surface area contributed by atoms with Crippen molar-refractivity contribution in [2.24, 2.45) is 0 Å². The highest BCUT2D eigenvalue weighted by Crippen LogP contribution is 2.02. The van der Waals surface area contributed by atoms with Crippen LogP contribution in [0.1, 0.15) is 0 Å². The summed E-state index contributed by atoms with van der Waals surface area (Å²) in [5.74, 6) is 0. The smallest absolute Gasteiger partial charge is 0.142 e. The number of rotatable bonds is 0. The Morgan fingerprint density at radius 1 is 1.27 bits per heavy atom. The molecular weight excluding hydrogens is 137 g/mol. The number of aromatic nitrogens is 3. The third-order valence-corrected chi connectivity index (χ3v) is 1.47. The lowest BCUT2D eigenvalue weighted by Gasteiger charge is -1.96. The lowest BCUT2D eigenvalue weighted by Crippen LogP contribution is -2.09. The minimum absolute atomic E-state index is 0.498. The molecular formula is C7H4BN3. The van der Waals surface area contributed by atoms with Crippen molar-refractivity contribution in [2.45, 2.75) is 0 Å². The summed E-state index contributed by atoms with van der Waals surface area (Å²) in [6, 6.07) is 1.80. The summed E-state index contributed by atoms with van der Waals surface area (Å²) in [5, 5.41) is 0.850. The summed E-state index contributed by atoms with van der Waals surface area (Å²) < 4.78 is 0. The third-order valence-electron chi connectivity index (χ3n) is 1.47. The van der Waals surface area contributed by atoms with Gasteiger partial charge >= 0.3 is 0 Å². The van der Waals surface area contributed by atoms with Gasteiger partial charge < -0.3 is 0 Å². The lowest BCUT2D eigenvalue weighted by molar-refractivity contribution is 1.23. The largest absolute Gasteiger partial charge is 0.262 e. The average molecular weight is 141 g/mol. The predicted octanol–water partition coefficient (Wildman–Crippen LogP) is -0.181. The van der Waals surface area contributed by atoms with E-state index in [9.17, 15) is 0 Å². The maximum atomic E-state index is 5.58. The van der Waals surface area contributed by atoms with Gasteiger partial charge in [-0.3, -0.25) is 9.97 Å². The van der Waals surface area contributed by atoms with Gasteiger partial charge in [-0.25, -0.2) is 4.98 Å². The summed E-state index contributed by atoms with van der Waals surface area (Å²) in [6.45, 7) is 0. The number of hydrogen-bond acceptors (Lipinski definition) is 3. The number of hydrogen-bond donors (Lipinski definition) is 0. The molecule has 0 unspecified atom stereocenters. The number of pyridine rings is 1. The molecule has 0 amide bonds. The molecule has 0 bridgehead atoms. The van der Waals surface area contributed by atoms with E-state index in [4.69, 9.17) is 7.85 Å². The van der Waals surface area contributed by atoms with Crippen LogP contribution in [-0.2, 0) is 0 Å². The second kappa shape index (κ2) is 2.30. The van der Waals surface area contributed by atoms with Crippen molar-refractivity contribution in [3.63, 3.8) is 0 Å². The van der Waals surface area contributed by atoms with E-state index in [1.807, 2.05) is 0 Å². The molecule has 2 heterocycles. The molecule has 2 rings (SSSR count). The van der Waals surface area contributed by atoms with Gasteiger partial charge in [-0.05, 0) is 11.7 Å². The fraction of sp³-hybridized carbons (Fsp3) is 0. The minimum Gasteiger partial charge on any atom is -0.262 e. The fourth-order valence-corrected chi connectivity index (χ4v) is 0.928. The normalized spacial score (nSPS) is 10.2. The molecule has 11 heavy (non-hydrogen) atoms. The second-order valence-corrected chi connectivity index (χ2v) is 2.15. The molecule has 0 fully saturated rings. The molecule has 2 aromatic rings. The summed E-state index contributed by atoms with van der Waals surface area (Å²) in [4.78, 5) is 11.7. The molecule has 4 heteroatoms. The monoisotopic (exact) mass is 141 g/mol. The first kappa shape index (κ1) is 6.28. The summed E-state index contributed by atoms with van der Waals surface area (Å²) in [6.07, 6.45) is 4.76. The molecule has 0 saturated carbocycles. The zero-order valence-corrected chi connectivity index (χ0v) is 5.73. The number of fused-ring (bicyclic) bond motifs is 1. The standard InChI is InChI=1S/C7H4BN3/c8-7-5-1-2-9-3-6(5)10-4-11-7/h1-4H. The highest BCUT2D eigenvalue weighted by Gasteiger charge is 1.95. The maximum absolute atomic E-state index is 5.58. The van der Waals surface area contributed by atoms with Crippen molar-refractivity contribution < 1.29 is 0 Å². The van der Waals surface area contributed by atoms with E-state index in [-0.39, 0.29) is 0 Å². The van der Waals surface area contributed by atoms with Crippen molar-refractivity contribution >= 4 is 24.3 Å². The average Bonchev–Trinajstić information content (AvgIpc) is 2.06. The van der Waals surface area contributed by atoms with E-state index in [0.29, 0.717) is 5.59 Å². The Balaban J connectivity index is 2.91. The molecule has 0 aromatic carbocycles. The zero-order chi connectivity index (χ0) is 7.68. The first-order chi connectivity index (χ1) is 5.38. The maximum Gasteiger partial charge on any atom is 0.142 e. The Labute approximate surface area is 64.9 Å². The van der Waals surface area contributed by atoms with Crippen molar-refractivity contribution in [1.82, 2.24) is 15.0 Å². The summed E-state index contributed by atoms with van der Waals surface area (Å²) in [7, 11) is 5.58. The van der Waals surface area contributed by atoms with Crippen LogP contribution in [0.3, 0.4) is 0 Å². The van der Waals surface area contributed by atoms with Gasteiger partial charge in [0.2, 0.25) is 0 Å². The van der Waals surface area contributed by atoms with Crippen LogP contribution in [-0.4, -0.2) is 22.8 Å². The van der Waals surface area contributed by atoms with E-state index in [0.717, 1.165) is 10.9 Å². The molecule has 0 aliphatic carbocycles. The summed E-state index contributed by atoms with van der Waals surface area (Å²) >= 11 is 0. The van der Waals surface area contributed by atoms with E-state index < -0.39 is 0 Å². The summed E-state index contributed by atoms with van der Waals surface area (Å²) in [5.41, 5.74) is 1.28. The molecule has 0 atom stereocenters. The van der Waals surface area contributed by atoms with Crippen LogP contribution >= 0.6 is 0 Å². The van der Waals surface area contributed by atoms with Crippen LogP contribution < -0.4 is 5.59 Å². The number of nitrogens with zero attached hydrogens (tertiary/aromatic N) is 3. The van der Waals surface area contributed by atoms with Crippen molar-refractivity contribution in [3.05, 3.63) is 24.8 Å². The second-order valence-electron chi connectivity index (χ2n) is 2.15. The first-order valence-corrected chi connectivity index (χ1v) is 3.18. The van der Waals surface area contributed by atoms with Gasteiger partial charge in [-0.1, -0.05) is 0 Å². The minimum atomic E-state index is 0.498. The first-order valence-electron chi connectivity index (χ1n) is 3.18. The predicted molar refractivity (Wildman–Crippen MR) is 42.7 cm³/mol. The molecule has 0 spiro atoms. The van der Waals surface area contributed by atoms with E-state index in [2.05, 4.69) is 15.0 Å². The highest BCUT2D eigenvalue weighted by molar-refractivity contribution is 6.36. The van der Waals surface area contributed by atoms with Crippen LogP contribution in [0.15, 0.2) is 24.8 Å². The molecule has 0 N–H and O–H groups in total. The van der Waals surface area contributed by atoms with Gasteiger partial charge in [0.25, 0.3) is 0 Å². The van der Waals surface area contributed by atoms with Gasteiger partial charge in [0.05, 0.1) is 11.7 Å². The highest BCUT2D eigenvalue weighted by atomic mass is 14.8. The Hall–Kier alpha value is -1.45.